The molecule has 0 aromatic carbocycles. The Labute approximate surface area is 154 Å². The second kappa shape index (κ2) is 14.5. The number of carbonyl (C=O) groups is 3. The fourth-order valence-corrected chi connectivity index (χ4v) is 2.49. The first-order valence-electron chi connectivity index (χ1n) is 8.93. The van der Waals surface area contributed by atoms with Gasteiger partial charge in [-0.15, -0.1) is 0 Å². The first-order valence-corrected chi connectivity index (χ1v) is 10.3. The fraction of sp³-hybridized carbons (Fsp3) is 0.812. The highest BCUT2D eigenvalue weighted by atomic mass is 32.3. The standard InChI is InChI=1S/C16H29NO8S/c1-2-3-4-5-6-7-8-9-10-11-14(18)17-24-15(19)12-13-16(20)25-26(21,22)23/h2-13H2,1H3,(H,17,18)(H,21,22,23). The Balaban J connectivity index is 3.58. The minimum absolute atomic E-state index is 0.230. The topological polar surface area (TPSA) is 136 Å². The van der Waals surface area contributed by atoms with Crippen molar-refractivity contribution in [2.75, 3.05) is 0 Å². The van der Waals surface area contributed by atoms with Crippen molar-refractivity contribution < 1.29 is 36.4 Å². The summed E-state index contributed by atoms with van der Waals surface area (Å²) in [6.07, 6.45) is 9.22. The van der Waals surface area contributed by atoms with Crippen LogP contribution in [0, 0.1) is 0 Å². The van der Waals surface area contributed by atoms with E-state index in [2.05, 4.69) is 15.9 Å². The highest BCUT2D eigenvalue weighted by molar-refractivity contribution is 7.81. The van der Waals surface area contributed by atoms with Gasteiger partial charge in [0.15, 0.2) is 0 Å². The summed E-state index contributed by atoms with van der Waals surface area (Å²) >= 11 is 0. The van der Waals surface area contributed by atoms with E-state index < -0.39 is 41.1 Å². The Morgan fingerprint density at radius 2 is 1.31 bits per heavy atom. The maximum Gasteiger partial charge on any atom is 0.448 e. The van der Waals surface area contributed by atoms with Crippen LogP contribution in [0.5, 0.6) is 0 Å². The van der Waals surface area contributed by atoms with Gasteiger partial charge in [0.1, 0.15) is 0 Å². The highest BCUT2D eigenvalue weighted by Gasteiger charge is 2.16. The lowest BCUT2D eigenvalue weighted by Crippen LogP contribution is -2.27. The van der Waals surface area contributed by atoms with Crippen molar-refractivity contribution in [3.05, 3.63) is 0 Å². The molecule has 0 aliphatic carbocycles. The number of amides is 1. The Hall–Kier alpha value is -1.68. The summed E-state index contributed by atoms with van der Waals surface area (Å²) in [6, 6.07) is 0. The zero-order valence-corrected chi connectivity index (χ0v) is 16.0. The maximum absolute atomic E-state index is 11.5. The number of nitrogens with one attached hydrogen (secondary N) is 1. The molecule has 0 fully saturated rings. The Bertz CT molecular complexity index is 532. The fourth-order valence-electron chi connectivity index (χ4n) is 2.18. The highest BCUT2D eigenvalue weighted by Crippen LogP contribution is 2.10. The van der Waals surface area contributed by atoms with Crippen LogP contribution < -0.4 is 5.48 Å². The summed E-state index contributed by atoms with van der Waals surface area (Å²) in [6.45, 7) is 2.18. The predicted molar refractivity (Wildman–Crippen MR) is 93.0 cm³/mol. The van der Waals surface area contributed by atoms with E-state index in [1.165, 1.54) is 32.1 Å². The first kappa shape index (κ1) is 24.3. The smallest absolute Gasteiger partial charge is 0.341 e. The van der Waals surface area contributed by atoms with Gasteiger partial charge >= 0.3 is 22.3 Å². The van der Waals surface area contributed by atoms with Gasteiger partial charge in [0.25, 0.3) is 5.91 Å². The van der Waals surface area contributed by atoms with Crippen molar-refractivity contribution in [1.29, 1.82) is 0 Å². The number of rotatable bonds is 14. The second-order valence-corrected chi connectivity index (χ2v) is 6.98. The van der Waals surface area contributed by atoms with Crippen molar-refractivity contribution in [2.24, 2.45) is 0 Å². The van der Waals surface area contributed by atoms with Gasteiger partial charge < -0.3 is 9.02 Å². The molecule has 0 aliphatic heterocycles. The molecule has 0 saturated heterocycles. The summed E-state index contributed by atoms with van der Waals surface area (Å²) in [5.74, 6) is -2.66. The molecule has 2 N–H and O–H groups in total. The summed E-state index contributed by atoms with van der Waals surface area (Å²) in [4.78, 5) is 38.2. The van der Waals surface area contributed by atoms with Crippen LogP contribution in [0.4, 0.5) is 0 Å². The van der Waals surface area contributed by atoms with E-state index in [4.69, 9.17) is 4.55 Å². The second-order valence-electron chi connectivity index (χ2n) is 5.96. The molecule has 9 nitrogen and oxygen atoms in total. The van der Waals surface area contributed by atoms with Crippen molar-refractivity contribution >= 4 is 28.2 Å². The van der Waals surface area contributed by atoms with Gasteiger partial charge in [0.05, 0.1) is 12.8 Å². The van der Waals surface area contributed by atoms with Gasteiger partial charge in [-0.3, -0.25) is 14.1 Å². The first-order chi connectivity index (χ1) is 12.2. The lowest BCUT2D eigenvalue weighted by Gasteiger charge is -2.05. The maximum atomic E-state index is 11.5. The largest absolute Gasteiger partial charge is 0.448 e. The number of carbonyl (C=O) groups excluding carboxylic acids is 3. The number of hydroxylamine groups is 1. The average molecular weight is 395 g/mol. The van der Waals surface area contributed by atoms with Crippen LogP contribution in [0.25, 0.3) is 0 Å². The minimum atomic E-state index is -4.89. The third-order valence-corrected chi connectivity index (χ3v) is 3.91. The van der Waals surface area contributed by atoms with Crippen LogP contribution in [-0.2, 0) is 33.8 Å². The van der Waals surface area contributed by atoms with Crippen LogP contribution in [-0.4, -0.2) is 30.8 Å². The third-order valence-electron chi connectivity index (χ3n) is 3.52. The van der Waals surface area contributed by atoms with Crippen LogP contribution >= 0.6 is 0 Å². The van der Waals surface area contributed by atoms with Crippen molar-refractivity contribution in [1.82, 2.24) is 5.48 Å². The monoisotopic (exact) mass is 395 g/mol. The van der Waals surface area contributed by atoms with E-state index in [9.17, 15) is 22.8 Å². The molecule has 0 heterocycles. The van der Waals surface area contributed by atoms with Gasteiger partial charge in [0, 0.05) is 6.42 Å². The average Bonchev–Trinajstić information content (AvgIpc) is 2.55. The van der Waals surface area contributed by atoms with Gasteiger partial charge in [-0.25, -0.2) is 4.79 Å². The van der Waals surface area contributed by atoms with Crippen molar-refractivity contribution in [3.8, 4) is 0 Å². The van der Waals surface area contributed by atoms with Gasteiger partial charge in [-0.2, -0.15) is 13.9 Å². The molecule has 0 aromatic rings. The van der Waals surface area contributed by atoms with Crippen LogP contribution in [0.15, 0.2) is 0 Å². The molecule has 0 radical (unpaired) electrons. The summed E-state index contributed by atoms with van der Waals surface area (Å²) in [7, 11) is -4.89. The van der Waals surface area contributed by atoms with E-state index in [1.54, 1.807) is 0 Å². The molecule has 10 heteroatoms. The van der Waals surface area contributed by atoms with Gasteiger partial charge in [-0.05, 0) is 6.42 Å². The zero-order chi connectivity index (χ0) is 19.8. The summed E-state index contributed by atoms with van der Waals surface area (Å²) in [5, 5.41) is 0. The number of hydrogen-bond acceptors (Lipinski definition) is 7. The Kier molecular flexibility index (Phi) is 13.5. The molecule has 0 saturated carbocycles. The molecule has 0 rings (SSSR count). The molecule has 0 unspecified atom stereocenters. The molecular weight excluding hydrogens is 366 g/mol. The molecule has 0 bridgehead atoms. The Morgan fingerprint density at radius 1 is 0.808 bits per heavy atom. The quantitative estimate of drug-likeness (QED) is 0.260. The van der Waals surface area contributed by atoms with Crippen LogP contribution in [0.1, 0.15) is 84.0 Å². The van der Waals surface area contributed by atoms with E-state index >= 15 is 0 Å². The van der Waals surface area contributed by atoms with E-state index in [0.29, 0.717) is 6.42 Å². The van der Waals surface area contributed by atoms with Gasteiger partial charge in [0.2, 0.25) is 0 Å². The SMILES string of the molecule is CCCCCCCCCCCC(=O)NOC(=O)CCC(=O)OS(=O)(=O)O. The molecular formula is C16H29NO8S. The van der Waals surface area contributed by atoms with E-state index in [-0.39, 0.29) is 6.42 Å². The predicted octanol–water partition coefficient (Wildman–Crippen LogP) is 2.61. The van der Waals surface area contributed by atoms with Gasteiger partial charge in [-0.1, -0.05) is 58.3 Å². The lowest BCUT2D eigenvalue weighted by molar-refractivity contribution is -0.159. The summed E-state index contributed by atoms with van der Waals surface area (Å²) < 4.78 is 32.4. The van der Waals surface area contributed by atoms with Crippen molar-refractivity contribution in [2.45, 2.75) is 84.0 Å². The van der Waals surface area contributed by atoms with Crippen LogP contribution in [0.2, 0.25) is 0 Å². The molecule has 152 valence electrons. The van der Waals surface area contributed by atoms with Crippen molar-refractivity contribution in [3.63, 3.8) is 0 Å². The molecule has 1 amide bonds. The third kappa shape index (κ3) is 17.2. The molecule has 0 atom stereocenters. The minimum Gasteiger partial charge on any atom is -0.341 e. The molecule has 26 heavy (non-hydrogen) atoms. The Morgan fingerprint density at radius 3 is 1.85 bits per heavy atom. The molecule has 0 aromatic heterocycles. The van der Waals surface area contributed by atoms with Crippen LogP contribution in [0.3, 0.4) is 0 Å². The zero-order valence-electron chi connectivity index (χ0n) is 15.2. The van der Waals surface area contributed by atoms with E-state index in [1.807, 2.05) is 5.48 Å². The summed E-state index contributed by atoms with van der Waals surface area (Å²) in [5.41, 5.74) is 1.97. The normalized spacial score (nSPS) is 11.0. The van der Waals surface area contributed by atoms with E-state index in [0.717, 1.165) is 19.3 Å². The molecule has 0 aliphatic rings. The number of hydrogen-bond donors (Lipinski definition) is 2. The number of unbranched alkanes of at least 4 members (excludes halogenated alkanes) is 8. The molecule has 0 spiro atoms. The lowest BCUT2D eigenvalue weighted by atomic mass is 10.1.